The molecule has 1 heterocycles. The molecule has 3 nitrogen and oxygen atoms in total. The molecule has 114 valence electrons. The summed E-state index contributed by atoms with van der Waals surface area (Å²) in [4.78, 5) is 0. The Bertz CT molecular complexity index is 645. The van der Waals surface area contributed by atoms with Gasteiger partial charge in [0.25, 0.3) is 0 Å². The SMILES string of the molecule is CCn1nc(C)c(Cl)c1CC(C)(N)c1cc(F)cc(F)c1. The molecular weight excluding hydrogens is 296 g/mol. The minimum absolute atomic E-state index is 0.337. The van der Waals surface area contributed by atoms with Crippen LogP contribution in [-0.4, -0.2) is 9.78 Å². The van der Waals surface area contributed by atoms with Crippen LogP contribution < -0.4 is 5.73 Å². The van der Waals surface area contributed by atoms with E-state index in [0.717, 1.165) is 17.5 Å². The Labute approximate surface area is 127 Å². The van der Waals surface area contributed by atoms with Gasteiger partial charge in [-0.3, -0.25) is 4.68 Å². The molecule has 1 aromatic heterocycles. The molecule has 0 bridgehead atoms. The van der Waals surface area contributed by atoms with Crippen LogP contribution in [0.1, 0.15) is 30.8 Å². The molecule has 0 aliphatic rings. The van der Waals surface area contributed by atoms with Gasteiger partial charge >= 0.3 is 0 Å². The predicted octanol–water partition coefficient (Wildman–Crippen LogP) is 3.56. The van der Waals surface area contributed by atoms with E-state index in [0.29, 0.717) is 23.6 Å². The predicted molar refractivity (Wildman–Crippen MR) is 79.2 cm³/mol. The Morgan fingerprint density at radius 3 is 2.38 bits per heavy atom. The lowest BCUT2D eigenvalue weighted by molar-refractivity contribution is 0.455. The summed E-state index contributed by atoms with van der Waals surface area (Å²) in [6.45, 7) is 6.13. The summed E-state index contributed by atoms with van der Waals surface area (Å²) in [5, 5.41) is 4.87. The molecule has 2 aromatic rings. The van der Waals surface area contributed by atoms with Crippen LogP contribution in [0.2, 0.25) is 5.02 Å². The van der Waals surface area contributed by atoms with Gasteiger partial charge in [-0.1, -0.05) is 11.6 Å². The second kappa shape index (κ2) is 5.73. The molecule has 0 spiro atoms. The Kier molecular flexibility index (Phi) is 4.35. The molecule has 0 radical (unpaired) electrons. The zero-order valence-corrected chi connectivity index (χ0v) is 13.0. The fraction of sp³-hybridized carbons (Fsp3) is 0.400. The van der Waals surface area contributed by atoms with Gasteiger partial charge in [-0.05, 0) is 38.5 Å². The summed E-state index contributed by atoms with van der Waals surface area (Å²) in [5.41, 5.74) is 7.20. The number of hydrogen-bond acceptors (Lipinski definition) is 2. The van der Waals surface area contributed by atoms with E-state index in [1.54, 1.807) is 11.6 Å². The van der Waals surface area contributed by atoms with Crippen molar-refractivity contribution in [3.8, 4) is 0 Å². The van der Waals surface area contributed by atoms with Crippen LogP contribution in [0.15, 0.2) is 18.2 Å². The van der Waals surface area contributed by atoms with E-state index >= 15 is 0 Å². The molecule has 1 aromatic carbocycles. The summed E-state index contributed by atoms with van der Waals surface area (Å²) >= 11 is 6.26. The third-order valence-electron chi connectivity index (χ3n) is 3.51. The summed E-state index contributed by atoms with van der Waals surface area (Å²) in [5.74, 6) is -1.29. The van der Waals surface area contributed by atoms with Crippen molar-refractivity contribution in [1.82, 2.24) is 9.78 Å². The van der Waals surface area contributed by atoms with Gasteiger partial charge in [-0.15, -0.1) is 0 Å². The third-order valence-corrected chi connectivity index (χ3v) is 4.00. The first-order valence-corrected chi connectivity index (χ1v) is 7.09. The van der Waals surface area contributed by atoms with Crippen LogP contribution >= 0.6 is 11.6 Å². The van der Waals surface area contributed by atoms with Crippen LogP contribution in [-0.2, 0) is 18.5 Å². The van der Waals surface area contributed by atoms with E-state index in [1.807, 2.05) is 13.8 Å². The van der Waals surface area contributed by atoms with Crippen LogP contribution in [0.25, 0.3) is 0 Å². The highest BCUT2D eigenvalue weighted by Gasteiger charge is 2.27. The van der Waals surface area contributed by atoms with Crippen molar-refractivity contribution in [2.75, 3.05) is 0 Å². The van der Waals surface area contributed by atoms with Gasteiger partial charge in [-0.25, -0.2) is 8.78 Å². The molecule has 0 aliphatic heterocycles. The molecule has 0 fully saturated rings. The van der Waals surface area contributed by atoms with Gasteiger partial charge in [0.05, 0.1) is 16.4 Å². The van der Waals surface area contributed by atoms with Crippen LogP contribution in [0, 0.1) is 18.6 Å². The average Bonchev–Trinajstić information content (AvgIpc) is 2.65. The normalized spacial score (nSPS) is 14.2. The highest BCUT2D eigenvalue weighted by Crippen LogP contribution is 2.29. The van der Waals surface area contributed by atoms with E-state index in [9.17, 15) is 8.78 Å². The summed E-state index contributed by atoms with van der Waals surface area (Å²) in [6, 6.07) is 3.32. The maximum atomic E-state index is 13.4. The smallest absolute Gasteiger partial charge is 0.126 e. The minimum Gasteiger partial charge on any atom is -0.321 e. The first kappa shape index (κ1) is 15.9. The van der Waals surface area contributed by atoms with Crippen molar-refractivity contribution in [2.45, 2.75) is 39.3 Å². The number of aryl methyl sites for hydroxylation is 2. The second-order valence-corrected chi connectivity index (χ2v) is 5.79. The molecule has 21 heavy (non-hydrogen) atoms. The first-order valence-electron chi connectivity index (χ1n) is 6.72. The number of benzene rings is 1. The Balaban J connectivity index is 2.41. The van der Waals surface area contributed by atoms with Crippen molar-refractivity contribution in [3.05, 3.63) is 51.8 Å². The van der Waals surface area contributed by atoms with E-state index in [4.69, 9.17) is 17.3 Å². The van der Waals surface area contributed by atoms with Gasteiger partial charge < -0.3 is 5.73 Å². The molecular formula is C15H18ClF2N3. The minimum atomic E-state index is -0.952. The topological polar surface area (TPSA) is 43.8 Å². The van der Waals surface area contributed by atoms with Crippen LogP contribution in [0.5, 0.6) is 0 Å². The standard InChI is InChI=1S/C15H18ClF2N3/c1-4-21-13(14(16)9(2)20-21)8-15(3,19)10-5-11(17)7-12(18)6-10/h5-7H,4,8,19H2,1-3H3. The largest absolute Gasteiger partial charge is 0.321 e. The van der Waals surface area contributed by atoms with Gasteiger partial charge in [0.2, 0.25) is 0 Å². The highest BCUT2D eigenvalue weighted by molar-refractivity contribution is 6.31. The summed E-state index contributed by atoms with van der Waals surface area (Å²) in [6.07, 6.45) is 0.337. The zero-order valence-electron chi connectivity index (χ0n) is 12.3. The lowest BCUT2D eigenvalue weighted by Gasteiger charge is -2.26. The van der Waals surface area contributed by atoms with Crippen molar-refractivity contribution in [1.29, 1.82) is 0 Å². The molecule has 6 heteroatoms. The molecule has 1 atom stereocenters. The highest BCUT2D eigenvalue weighted by atomic mass is 35.5. The van der Waals surface area contributed by atoms with Gasteiger partial charge in [0.1, 0.15) is 11.6 Å². The molecule has 0 aliphatic carbocycles. The fourth-order valence-electron chi connectivity index (χ4n) is 2.37. The number of hydrogen-bond donors (Lipinski definition) is 1. The Morgan fingerprint density at radius 1 is 1.29 bits per heavy atom. The molecule has 0 amide bonds. The van der Waals surface area contributed by atoms with Crippen LogP contribution in [0.4, 0.5) is 8.78 Å². The number of halogens is 3. The molecule has 1 unspecified atom stereocenters. The zero-order chi connectivity index (χ0) is 15.8. The van der Waals surface area contributed by atoms with Gasteiger partial charge in [0.15, 0.2) is 0 Å². The maximum absolute atomic E-state index is 13.4. The van der Waals surface area contributed by atoms with E-state index in [2.05, 4.69) is 5.10 Å². The van der Waals surface area contributed by atoms with Gasteiger partial charge in [-0.2, -0.15) is 5.10 Å². The average molecular weight is 314 g/mol. The summed E-state index contributed by atoms with van der Waals surface area (Å²) in [7, 11) is 0. The number of nitrogens with two attached hydrogens (primary N) is 1. The third kappa shape index (κ3) is 3.24. The molecule has 2 rings (SSSR count). The molecule has 0 saturated carbocycles. The lowest BCUT2D eigenvalue weighted by atomic mass is 9.88. The Hall–Kier alpha value is -1.46. The van der Waals surface area contributed by atoms with Gasteiger partial charge in [0, 0.05) is 24.6 Å². The van der Waals surface area contributed by atoms with Crippen molar-refractivity contribution in [2.24, 2.45) is 5.73 Å². The Morgan fingerprint density at radius 2 is 1.86 bits per heavy atom. The van der Waals surface area contributed by atoms with E-state index < -0.39 is 17.2 Å². The maximum Gasteiger partial charge on any atom is 0.126 e. The number of rotatable bonds is 4. The quantitative estimate of drug-likeness (QED) is 0.938. The summed E-state index contributed by atoms with van der Waals surface area (Å²) < 4.78 is 28.5. The van der Waals surface area contributed by atoms with Crippen LogP contribution in [0.3, 0.4) is 0 Å². The second-order valence-electron chi connectivity index (χ2n) is 5.41. The van der Waals surface area contributed by atoms with E-state index in [-0.39, 0.29) is 0 Å². The van der Waals surface area contributed by atoms with E-state index in [1.165, 1.54) is 12.1 Å². The monoisotopic (exact) mass is 313 g/mol. The molecule has 2 N–H and O–H groups in total. The number of aromatic nitrogens is 2. The van der Waals surface area contributed by atoms with Crippen molar-refractivity contribution < 1.29 is 8.78 Å². The fourth-order valence-corrected chi connectivity index (χ4v) is 2.57. The van der Waals surface area contributed by atoms with Crippen molar-refractivity contribution in [3.63, 3.8) is 0 Å². The molecule has 0 saturated heterocycles. The first-order chi connectivity index (χ1) is 9.74. The van der Waals surface area contributed by atoms with Crippen molar-refractivity contribution >= 4 is 11.6 Å². The number of nitrogens with zero attached hydrogens (tertiary/aromatic N) is 2. The lowest BCUT2D eigenvalue weighted by Crippen LogP contribution is -2.36.